The molecule has 0 saturated carbocycles. The van der Waals surface area contributed by atoms with Gasteiger partial charge in [0, 0.05) is 29.4 Å². The number of benzene rings is 1. The average molecular weight is 293 g/mol. The van der Waals surface area contributed by atoms with Crippen molar-refractivity contribution in [3.63, 3.8) is 0 Å². The summed E-state index contributed by atoms with van der Waals surface area (Å²) in [4.78, 5) is 11.1. The third-order valence-electron chi connectivity index (χ3n) is 2.90. The normalized spacial score (nSPS) is 11.0. The summed E-state index contributed by atoms with van der Waals surface area (Å²) in [5.74, 6) is -0.500. The fourth-order valence-corrected chi connectivity index (χ4v) is 2.06. The lowest BCUT2D eigenvalue weighted by molar-refractivity contribution is 0.100. The zero-order valence-corrected chi connectivity index (χ0v) is 12.2. The van der Waals surface area contributed by atoms with Crippen LogP contribution in [0.2, 0.25) is 5.02 Å². The van der Waals surface area contributed by atoms with Crippen LogP contribution in [0.4, 0.5) is 0 Å². The van der Waals surface area contributed by atoms with Crippen LogP contribution >= 0.6 is 11.6 Å². The largest absolute Gasteiger partial charge is 0.366 e. The van der Waals surface area contributed by atoms with Crippen LogP contribution in [-0.2, 0) is 6.54 Å². The monoisotopic (exact) mass is 292 g/mol. The molecule has 5 nitrogen and oxygen atoms in total. The maximum absolute atomic E-state index is 11.1. The molecule has 1 aromatic carbocycles. The summed E-state index contributed by atoms with van der Waals surface area (Å²) in [5.41, 5.74) is 7.37. The average Bonchev–Trinajstić information content (AvgIpc) is 2.86. The second-order valence-corrected chi connectivity index (χ2v) is 5.22. The highest BCUT2D eigenvalue weighted by atomic mass is 35.5. The van der Waals surface area contributed by atoms with Crippen LogP contribution in [0.15, 0.2) is 30.6 Å². The molecule has 106 valence electrons. The molecule has 0 spiro atoms. The second kappa shape index (κ2) is 6.07. The number of nitrogens with two attached hydrogens (primary N) is 1. The van der Waals surface area contributed by atoms with Gasteiger partial charge in [0.05, 0.1) is 17.4 Å². The zero-order chi connectivity index (χ0) is 14.7. The minimum absolute atomic E-state index is 0.345. The van der Waals surface area contributed by atoms with Crippen molar-refractivity contribution >= 4 is 17.5 Å². The van der Waals surface area contributed by atoms with Crippen LogP contribution < -0.4 is 11.1 Å². The van der Waals surface area contributed by atoms with Gasteiger partial charge in [-0.2, -0.15) is 5.10 Å². The van der Waals surface area contributed by atoms with Crippen molar-refractivity contribution in [2.45, 2.75) is 26.4 Å². The van der Waals surface area contributed by atoms with Crippen LogP contribution in [0.5, 0.6) is 0 Å². The predicted molar refractivity (Wildman–Crippen MR) is 79.1 cm³/mol. The van der Waals surface area contributed by atoms with E-state index in [-0.39, 0.29) is 0 Å². The quantitative estimate of drug-likeness (QED) is 0.886. The molecule has 2 aromatic rings. The molecule has 0 atom stereocenters. The minimum atomic E-state index is -0.500. The molecule has 0 aliphatic carbocycles. The fourth-order valence-electron chi connectivity index (χ4n) is 1.82. The molecule has 0 bridgehead atoms. The van der Waals surface area contributed by atoms with E-state index in [0.717, 1.165) is 11.3 Å². The summed E-state index contributed by atoms with van der Waals surface area (Å²) in [5, 5.41) is 8.15. The standard InChI is InChI=1S/C14H17ClN4O/c1-9(2)17-7-11-12(15)4-3-5-13(11)19-8-10(6-18-19)14(16)20/h3-6,8-9,17H,7H2,1-2H3,(H2,16,20). The maximum Gasteiger partial charge on any atom is 0.251 e. The molecule has 0 saturated heterocycles. The van der Waals surface area contributed by atoms with Gasteiger partial charge in [0.25, 0.3) is 5.91 Å². The van der Waals surface area contributed by atoms with E-state index < -0.39 is 5.91 Å². The van der Waals surface area contributed by atoms with Gasteiger partial charge in [0.15, 0.2) is 0 Å². The van der Waals surface area contributed by atoms with Gasteiger partial charge in [-0.15, -0.1) is 0 Å². The number of primary amides is 1. The Morgan fingerprint density at radius 1 is 1.50 bits per heavy atom. The van der Waals surface area contributed by atoms with Crippen molar-refractivity contribution in [2.24, 2.45) is 5.73 Å². The Labute approximate surface area is 122 Å². The Morgan fingerprint density at radius 2 is 2.25 bits per heavy atom. The number of hydrogen-bond donors (Lipinski definition) is 2. The van der Waals surface area contributed by atoms with E-state index in [1.54, 1.807) is 10.9 Å². The highest BCUT2D eigenvalue weighted by Gasteiger charge is 2.12. The number of nitrogens with one attached hydrogen (secondary N) is 1. The molecule has 20 heavy (non-hydrogen) atoms. The van der Waals surface area contributed by atoms with Crippen LogP contribution in [0, 0.1) is 0 Å². The number of hydrogen-bond acceptors (Lipinski definition) is 3. The number of amides is 1. The smallest absolute Gasteiger partial charge is 0.251 e. The molecule has 0 aliphatic rings. The Hall–Kier alpha value is -1.85. The van der Waals surface area contributed by atoms with Gasteiger partial charge in [-0.1, -0.05) is 31.5 Å². The molecule has 0 unspecified atom stereocenters. The Bertz CT molecular complexity index is 621. The topological polar surface area (TPSA) is 72.9 Å². The summed E-state index contributed by atoms with van der Waals surface area (Å²) in [7, 11) is 0. The van der Waals surface area contributed by atoms with Gasteiger partial charge in [-0.05, 0) is 12.1 Å². The molecule has 6 heteroatoms. The first-order valence-corrected chi connectivity index (χ1v) is 6.72. The van der Waals surface area contributed by atoms with Gasteiger partial charge in [0.2, 0.25) is 0 Å². The Balaban J connectivity index is 2.39. The van der Waals surface area contributed by atoms with E-state index in [2.05, 4.69) is 24.3 Å². The maximum atomic E-state index is 11.1. The van der Waals surface area contributed by atoms with Gasteiger partial charge in [0.1, 0.15) is 0 Å². The highest BCUT2D eigenvalue weighted by Crippen LogP contribution is 2.23. The molecule has 0 radical (unpaired) electrons. The van der Waals surface area contributed by atoms with Crippen LogP contribution in [0.3, 0.4) is 0 Å². The second-order valence-electron chi connectivity index (χ2n) is 4.81. The third-order valence-corrected chi connectivity index (χ3v) is 3.25. The Morgan fingerprint density at radius 3 is 2.85 bits per heavy atom. The Kier molecular flexibility index (Phi) is 4.42. The van der Waals surface area contributed by atoms with Crippen molar-refractivity contribution in [3.05, 3.63) is 46.7 Å². The number of aromatic nitrogens is 2. The molecule has 0 aliphatic heterocycles. The summed E-state index contributed by atoms with van der Waals surface area (Å²) in [6.07, 6.45) is 3.05. The summed E-state index contributed by atoms with van der Waals surface area (Å²) >= 11 is 6.26. The van der Waals surface area contributed by atoms with Crippen molar-refractivity contribution < 1.29 is 4.79 Å². The predicted octanol–water partition coefficient (Wildman–Crippen LogP) is 2.12. The van der Waals surface area contributed by atoms with E-state index in [1.807, 2.05) is 18.2 Å². The van der Waals surface area contributed by atoms with Crippen LogP contribution in [-0.4, -0.2) is 21.7 Å². The molecule has 1 amide bonds. The van der Waals surface area contributed by atoms with E-state index in [4.69, 9.17) is 17.3 Å². The molecule has 2 rings (SSSR count). The van der Waals surface area contributed by atoms with Gasteiger partial charge in [-0.25, -0.2) is 4.68 Å². The summed E-state index contributed by atoms with van der Waals surface area (Å²) in [6, 6.07) is 5.93. The summed E-state index contributed by atoms with van der Waals surface area (Å²) < 4.78 is 1.61. The van der Waals surface area contributed by atoms with Crippen molar-refractivity contribution in [1.29, 1.82) is 0 Å². The highest BCUT2D eigenvalue weighted by molar-refractivity contribution is 6.31. The first-order chi connectivity index (χ1) is 9.49. The van der Waals surface area contributed by atoms with E-state index in [0.29, 0.717) is 23.2 Å². The third kappa shape index (κ3) is 3.18. The SMILES string of the molecule is CC(C)NCc1c(Cl)cccc1-n1cc(C(N)=O)cn1. The number of carbonyl (C=O) groups is 1. The van der Waals surface area contributed by atoms with Gasteiger partial charge < -0.3 is 11.1 Å². The zero-order valence-electron chi connectivity index (χ0n) is 11.4. The van der Waals surface area contributed by atoms with E-state index in [1.165, 1.54) is 6.20 Å². The lowest BCUT2D eigenvalue weighted by Gasteiger charge is -2.14. The van der Waals surface area contributed by atoms with Crippen LogP contribution in [0.1, 0.15) is 29.8 Å². The van der Waals surface area contributed by atoms with E-state index in [9.17, 15) is 4.79 Å². The molecule has 1 heterocycles. The van der Waals surface area contributed by atoms with Crippen LogP contribution in [0.25, 0.3) is 5.69 Å². The van der Waals surface area contributed by atoms with Gasteiger partial charge in [-0.3, -0.25) is 4.79 Å². The van der Waals surface area contributed by atoms with Crippen molar-refractivity contribution in [2.75, 3.05) is 0 Å². The molecule has 1 aromatic heterocycles. The molecular formula is C14H17ClN4O. The first kappa shape index (κ1) is 14.6. The lowest BCUT2D eigenvalue weighted by atomic mass is 10.1. The fraction of sp³-hybridized carbons (Fsp3) is 0.286. The first-order valence-electron chi connectivity index (χ1n) is 6.34. The molecular weight excluding hydrogens is 276 g/mol. The van der Waals surface area contributed by atoms with Gasteiger partial charge >= 0.3 is 0 Å². The van der Waals surface area contributed by atoms with Crippen molar-refractivity contribution in [3.8, 4) is 5.69 Å². The molecule has 0 fully saturated rings. The van der Waals surface area contributed by atoms with E-state index >= 15 is 0 Å². The minimum Gasteiger partial charge on any atom is -0.366 e. The number of nitrogens with zero attached hydrogens (tertiary/aromatic N) is 2. The molecule has 3 N–H and O–H groups in total. The lowest BCUT2D eigenvalue weighted by Crippen LogP contribution is -2.23. The van der Waals surface area contributed by atoms with Crippen molar-refractivity contribution in [1.82, 2.24) is 15.1 Å². The summed E-state index contributed by atoms with van der Waals surface area (Å²) in [6.45, 7) is 4.75. The number of carbonyl (C=O) groups excluding carboxylic acids is 1. The number of rotatable bonds is 5. The number of halogens is 1.